The van der Waals surface area contributed by atoms with Crippen LogP contribution in [0.4, 0.5) is 0 Å². The first-order valence-electron chi connectivity index (χ1n) is 6.48. The largest absolute Gasteiger partial charge is 0.324 e. The van der Waals surface area contributed by atoms with Gasteiger partial charge in [-0.2, -0.15) is 5.10 Å². The van der Waals surface area contributed by atoms with Crippen LogP contribution in [0.1, 0.15) is 37.6 Å². The molecular formula is C14H18N4O. The molecule has 2 aromatic heterocycles. The average molecular weight is 258 g/mol. The zero-order chi connectivity index (χ0) is 13.6. The SMILES string of the molecule is CC1(C)Cc2c(ccn2-c2ccc(=O)[nH]n2)C(N)C1. The molecule has 0 saturated heterocycles. The van der Waals surface area contributed by atoms with Crippen molar-refractivity contribution in [3.05, 3.63) is 46.0 Å². The van der Waals surface area contributed by atoms with Crippen LogP contribution in [0.15, 0.2) is 29.2 Å². The van der Waals surface area contributed by atoms with Gasteiger partial charge >= 0.3 is 0 Å². The molecule has 0 aromatic carbocycles. The highest BCUT2D eigenvalue weighted by molar-refractivity contribution is 5.36. The number of nitrogens with two attached hydrogens (primary N) is 1. The lowest BCUT2D eigenvalue weighted by Crippen LogP contribution is -2.30. The van der Waals surface area contributed by atoms with Crippen LogP contribution in [0.5, 0.6) is 0 Å². The number of hydrogen-bond acceptors (Lipinski definition) is 3. The first-order chi connectivity index (χ1) is 8.96. The monoisotopic (exact) mass is 258 g/mol. The van der Waals surface area contributed by atoms with Gasteiger partial charge in [0.2, 0.25) is 0 Å². The maximum Gasteiger partial charge on any atom is 0.264 e. The van der Waals surface area contributed by atoms with E-state index < -0.39 is 0 Å². The number of rotatable bonds is 1. The Morgan fingerprint density at radius 2 is 2.21 bits per heavy atom. The maximum atomic E-state index is 11.1. The van der Waals surface area contributed by atoms with E-state index in [9.17, 15) is 4.79 Å². The van der Waals surface area contributed by atoms with Gasteiger partial charge in [-0.15, -0.1) is 0 Å². The van der Waals surface area contributed by atoms with Crippen LogP contribution in [0.3, 0.4) is 0 Å². The van der Waals surface area contributed by atoms with Crippen molar-refractivity contribution in [1.82, 2.24) is 14.8 Å². The standard InChI is InChI=1S/C14H18N4O/c1-14(2)7-10(15)9-5-6-18(11(9)8-14)12-3-4-13(19)17-16-12/h3-6,10H,7-8,15H2,1-2H3,(H,17,19). The minimum atomic E-state index is -0.193. The van der Waals surface area contributed by atoms with Crippen LogP contribution < -0.4 is 11.3 Å². The quantitative estimate of drug-likeness (QED) is 0.814. The van der Waals surface area contributed by atoms with Gasteiger partial charge in [0.1, 0.15) is 0 Å². The van der Waals surface area contributed by atoms with Gasteiger partial charge in [0.25, 0.3) is 5.56 Å². The Morgan fingerprint density at radius 3 is 2.89 bits per heavy atom. The summed E-state index contributed by atoms with van der Waals surface area (Å²) in [6.07, 6.45) is 3.93. The number of hydrogen-bond donors (Lipinski definition) is 2. The van der Waals surface area contributed by atoms with E-state index in [1.165, 1.54) is 17.3 Å². The molecule has 1 unspecified atom stereocenters. The molecule has 0 radical (unpaired) electrons. The molecule has 1 atom stereocenters. The number of fused-ring (bicyclic) bond motifs is 1. The molecule has 3 rings (SSSR count). The Hall–Kier alpha value is -1.88. The van der Waals surface area contributed by atoms with E-state index in [1.807, 2.05) is 10.8 Å². The van der Waals surface area contributed by atoms with Crippen molar-refractivity contribution in [3.8, 4) is 5.82 Å². The molecule has 0 fully saturated rings. The van der Waals surface area contributed by atoms with E-state index in [2.05, 4.69) is 30.1 Å². The van der Waals surface area contributed by atoms with Crippen molar-refractivity contribution >= 4 is 0 Å². The highest BCUT2D eigenvalue weighted by atomic mass is 16.1. The molecule has 1 aliphatic carbocycles. The zero-order valence-electron chi connectivity index (χ0n) is 11.2. The third-order valence-corrected chi connectivity index (χ3v) is 3.76. The van der Waals surface area contributed by atoms with Gasteiger partial charge in [0.05, 0.1) is 0 Å². The fraction of sp³-hybridized carbons (Fsp3) is 0.429. The molecule has 0 bridgehead atoms. The summed E-state index contributed by atoms with van der Waals surface area (Å²) in [7, 11) is 0. The van der Waals surface area contributed by atoms with E-state index in [4.69, 9.17) is 5.73 Å². The van der Waals surface area contributed by atoms with Gasteiger partial charge < -0.3 is 10.3 Å². The van der Waals surface area contributed by atoms with Gasteiger partial charge in [0, 0.05) is 24.0 Å². The van der Waals surface area contributed by atoms with Gasteiger partial charge in [-0.3, -0.25) is 4.79 Å². The molecule has 5 heteroatoms. The van der Waals surface area contributed by atoms with E-state index in [0.29, 0.717) is 0 Å². The van der Waals surface area contributed by atoms with E-state index in [-0.39, 0.29) is 17.0 Å². The van der Waals surface area contributed by atoms with Crippen LogP contribution in [-0.2, 0) is 6.42 Å². The van der Waals surface area contributed by atoms with Crippen LogP contribution >= 0.6 is 0 Å². The van der Waals surface area contributed by atoms with Crippen molar-refractivity contribution in [3.63, 3.8) is 0 Å². The second-order valence-corrected chi connectivity index (χ2v) is 6.02. The Bertz CT molecular complexity index is 648. The second-order valence-electron chi connectivity index (χ2n) is 6.02. The molecule has 0 aliphatic heterocycles. The molecule has 0 amide bonds. The molecule has 2 heterocycles. The lowest BCUT2D eigenvalue weighted by molar-refractivity contribution is 0.278. The molecule has 0 saturated carbocycles. The molecular weight excluding hydrogens is 240 g/mol. The minimum Gasteiger partial charge on any atom is -0.324 e. The normalized spacial score (nSPS) is 21.1. The van der Waals surface area contributed by atoms with E-state index in [0.717, 1.165) is 18.7 Å². The fourth-order valence-corrected chi connectivity index (χ4v) is 2.92. The summed E-state index contributed by atoms with van der Waals surface area (Å²) in [5.41, 5.74) is 8.62. The number of aromatic nitrogens is 3. The van der Waals surface area contributed by atoms with Crippen LogP contribution in [-0.4, -0.2) is 14.8 Å². The summed E-state index contributed by atoms with van der Waals surface area (Å²) in [5.74, 6) is 0.728. The molecule has 100 valence electrons. The highest BCUT2D eigenvalue weighted by Gasteiger charge is 2.32. The summed E-state index contributed by atoms with van der Waals surface area (Å²) < 4.78 is 2.02. The number of nitrogens with zero attached hydrogens (tertiary/aromatic N) is 2. The van der Waals surface area contributed by atoms with Crippen molar-refractivity contribution in [2.75, 3.05) is 0 Å². The Labute approximate surface area is 111 Å². The molecule has 19 heavy (non-hydrogen) atoms. The number of aromatic amines is 1. The van der Waals surface area contributed by atoms with E-state index >= 15 is 0 Å². The summed E-state index contributed by atoms with van der Waals surface area (Å²) >= 11 is 0. The average Bonchev–Trinajstić information content (AvgIpc) is 2.72. The second kappa shape index (κ2) is 4.06. The van der Waals surface area contributed by atoms with Crippen molar-refractivity contribution < 1.29 is 0 Å². The summed E-state index contributed by atoms with van der Waals surface area (Å²) in [6.45, 7) is 4.46. The molecule has 2 aromatic rings. The Morgan fingerprint density at radius 1 is 1.42 bits per heavy atom. The molecule has 5 nitrogen and oxygen atoms in total. The third kappa shape index (κ3) is 2.10. The molecule has 1 aliphatic rings. The number of nitrogens with one attached hydrogen (secondary N) is 1. The summed E-state index contributed by atoms with van der Waals surface area (Å²) in [6, 6.07) is 5.35. The van der Waals surface area contributed by atoms with Crippen molar-refractivity contribution in [2.45, 2.75) is 32.7 Å². The van der Waals surface area contributed by atoms with Gasteiger partial charge in [-0.25, -0.2) is 5.10 Å². The molecule has 3 N–H and O–H groups in total. The van der Waals surface area contributed by atoms with Crippen LogP contribution in [0.2, 0.25) is 0 Å². The summed E-state index contributed by atoms with van der Waals surface area (Å²) in [5, 5.41) is 6.56. The smallest absolute Gasteiger partial charge is 0.264 e. The third-order valence-electron chi connectivity index (χ3n) is 3.76. The Balaban J connectivity index is 2.10. The predicted octanol–water partition coefficient (Wildman–Crippen LogP) is 1.53. The predicted molar refractivity (Wildman–Crippen MR) is 73.2 cm³/mol. The zero-order valence-corrected chi connectivity index (χ0v) is 11.2. The Kier molecular flexibility index (Phi) is 2.60. The van der Waals surface area contributed by atoms with E-state index in [1.54, 1.807) is 6.07 Å². The highest BCUT2D eigenvalue weighted by Crippen LogP contribution is 2.40. The van der Waals surface area contributed by atoms with Crippen molar-refractivity contribution in [1.29, 1.82) is 0 Å². The van der Waals surface area contributed by atoms with Crippen LogP contribution in [0, 0.1) is 5.41 Å². The maximum absolute atomic E-state index is 11.1. The summed E-state index contributed by atoms with van der Waals surface area (Å²) in [4.78, 5) is 11.1. The lowest BCUT2D eigenvalue weighted by Gasteiger charge is -2.34. The van der Waals surface area contributed by atoms with Gasteiger partial charge in [-0.1, -0.05) is 13.8 Å². The molecule has 0 spiro atoms. The minimum absolute atomic E-state index is 0.0720. The van der Waals surface area contributed by atoms with Crippen molar-refractivity contribution in [2.24, 2.45) is 11.1 Å². The topological polar surface area (TPSA) is 76.7 Å². The fourth-order valence-electron chi connectivity index (χ4n) is 2.92. The number of H-pyrrole nitrogens is 1. The van der Waals surface area contributed by atoms with Crippen LogP contribution in [0.25, 0.3) is 5.82 Å². The first-order valence-corrected chi connectivity index (χ1v) is 6.48. The van der Waals surface area contributed by atoms with Gasteiger partial charge in [0.15, 0.2) is 5.82 Å². The van der Waals surface area contributed by atoms with Gasteiger partial charge in [-0.05, 0) is 36.0 Å². The lowest BCUT2D eigenvalue weighted by atomic mass is 9.74. The first kappa shape index (κ1) is 12.2.